The molecule has 0 aliphatic carbocycles. The number of thiocarbonyl (C=S) groups is 1. The maximum absolute atomic E-state index is 13.0. The van der Waals surface area contributed by atoms with Crippen LogP contribution in [0.4, 0.5) is 5.69 Å². The lowest BCUT2D eigenvalue weighted by Gasteiger charge is -2.34. The van der Waals surface area contributed by atoms with E-state index in [2.05, 4.69) is 12.2 Å². The molecule has 10 nitrogen and oxygen atoms in total. The molecule has 4 N–H and O–H groups in total. The topological polar surface area (TPSA) is 153 Å². The Hall–Kier alpha value is -2.15. The molecule has 2 rings (SSSR count). The molecule has 0 bridgehead atoms. The summed E-state index contributed by atoms with van der Waals surface area (Å²) in [6.07, 6.45) is 1.33. The van der Waals surface area contributed by atoms with Gasteiger partial charge in [0.1, 0.15) is 6.04 Å². The van der Waals surface area contributed by atoms with Gasteiger partial charge in [0.15, 0.2) is 10.0 Å². The van der Waals surface area contributed by atoms with E-state index in [0.29, 0.717) is 17.9 Å². The molecule has 1 aromatic rings. The highest BCUT2D eigenvalue weighted by Gasteiger charge is 2.41. The van der Waals surface area contributed by atoms with E-state index in [1.54, 1.807) is 0 Å². The molecule has 1 heterocycles. The van der Waals surface area contributed by atoms with Crippen molar-refractivity contribution in [2.45, 2.75) is 30.2 Å². The SMILES string of the molecule is NC(=S)N(N)C(=O)[C@H]1CCCCN1S(=O)(=O)c1ccccc1[N+](=O)[O-]. The first kappa shape index (κ1) is 19.2. The van der Waals surface area contributed by atoms with Crippen molar-refractivity contribution in [3.8, 4) is 0 Å². The number of nitrogens with zero attached hydrogens (tertiary/aromatic N) is 3. The molecular formula is C13H17N5O5S2. The molecule has 12 heteroatoms. The van der Waals surface area contributed by atoms with Gasteiger partial charge in [0.05, 0.1) is 4.92 Å². The molecule has 1 aliphatic heterocycles. The maximum Gasteiger partial charge on any atom is 0.289 e. The first-order valence-electron chi connectivity index (χ1n) is 7.31. The summed E-state index contributed by atoms with van der Waals surface area (Å²) in [5, 5.41) is 11.3. The number of carbonyl (C=O) groups is 1. The Balaban J connectivity index is 2.47. The number of nitro benzene ring substituents is 1. The van der Waals surface area contributed by atoms with Crippen LogP contribution in [0.3, 0.4) is 0 Å². The van der Waals surface area contributed by atoms with Crippen LogP contribution in [0.2, 0.25) is 0 Å². The van der Waals surface area contributed by atoms with Crippen molar-refractivity contribution in [3.05, 3.63) is 34.4 Å². The highest BCUT2D eigenvalue weighted by Crippen LogP contribution is 2.31. The summed E-state index contributed by atoms with van der Waals surface area (Å²) in [6.45, 7) is 0.0377. The van der Waals surface area contributed by atoms with Crippen molar-refractivity contribution in [3.63, 3.8) is 0 Å². The van der Waals surface area contributed by atoms with E-state index in [9.17, 15) is 23.3 Å². The number of hydrogen-bond acceptors (Lipinski definition) is 7. The van der Waals surface area contributed by atoms with Crippen LogP contribution in [-0.2, 0) is 14.8 Å². The van der Waals surface area contributed by atoms with Gasteiger partial charge in [-0.25, -0.2) is 19.3 Å². The zero-order chi connectivity index (χ0) is 18.8. The van der Waals surface area contributed by atoms with Crippen LogP contribution >= 0.6 is 12.2 Å². The van der Waals surface area contributed by atoms with Crippen molar-refractivity contribution in [2.24, 2.45) is 11.6 Å². The number of amides is 1. The number of sulfonamides is 1. The van der Waals surface area contributed by atoms with E-state index in [1.165, 1.54) is 12.1 Å². The van der Waals surface area contributed by atoms with Crippen LogP contribution in [0, 0.1) is 10.1 Å². The molecule has 1 aliphatic rings. The number of hydrazine groups is 1. The van der Waals surface area contributed by atoms with Gasteiger partial charge < -0.3 is 5.73 Å². The second-order valence-electron chi connectivity index (χ2n) is 5.40. The monoisotopic (exact) mass is 387 g/mol. The molecule has 1 amide bonds. The first-order chi connectivity index (χ1) is 11.7. The second-order valence-corrected chi connectivity index (χ2v) is 7.68. The molecule has 0 radical (unpaired) electrons. The minimum Gasteiger partial charge on any atom is -0.375 e. The molecule has 1 fully saturated rings. The number of para-hydroxylation sites is 1. The van der Waals surface area contributed by atoms with Gasteiger partial charge in [-0.2, -0.15) is 4.31 Å². The van der Waals surface area contributed by atoms with E-state index < -0.39 is 42.6 Å². The number of rotatable bonds is 4. The van der Waals surface area contributed by atoms with Gasteiger partial charge in [-0.3, -0.25) is 14.9 Å². The standard InChI is InChI=1S/C13H17N5O5S2/c14-13(24)17(15)12(19)10-6-3-4-8-16(10)25(22,23)11-7-2-1-5-9(11)18(20)21/h1-2,5,7,10H,3-4,6,8,15H2,(H2,14,24)/t10-/m1/s1. The van der Waals surface area contributed by atoms with Crippen LogP contribution in [0.1, 0.15) is 19.3 Å². The van der Waals surface area contributed by atoms with Gasteiger partial charge in [0, 0.05) is 12.6 Å². The highest BCUT2D eigenvalue weighted by atomic mass is 32.2. The van der Waals surface area contributed by atoms with Crippen molar-refractivity contribution < 1.29 is 18.1 Å². The summed E-state index contributed by atoms with van der Waals surface area (Å²) < 4.78 is 26.9. The fourth-order valence-corrected chi connectivity index (χ4v) is 4.56. The van der Waals surface area contributed by atoms with Crippen LogP contribution in [0.5, 0.6) is 0 Å². The van der Waals surface area contributed by atoms with Crippen LogP contribution in [0.15, 0.2) is 29.2 Å². The smallest absolute Gasteiger partial charge is 0.289 e. The van der Waals surface area contributed by atoms with E-state index in [4.69, 9.17) is 11.6 Å². The molecule has 0 aromatic heterocycles. The molecule has 0 spiro atoms. The van der Waals surface area contributed by atoms with Gasteiger partial charge in [0.25, 0.3) is 21.6 Å². The molecule has 1 atom stereocenters. The average Bonchev–Trinajstić information content (AvgIpc) is 2.60. The number of nitro groups is 1. The zero-order valence-corrected chi connectivity index (χ0v) is 14.7. The number of benzene rings is 1. The van der Waals surface area contributed by atoms with E-state index in [0.717, 1.165) is 16.4 Å². The summed E-state index contributed by atoms with van der Waals surface area (Å²) in [5.74, 6) is 4.73. The molecule has 136 valence electrons. The zero-order valence-electron chi connectivity index (χ0n) is 13.1. The van der Waals surface area contributed by atoms with Crippen molar-refractivity contribution in [1.82, 2.24) is 9.31 Å². The Morgan fingerprint density at radius 3 is 2.60 bits per heavy atom. The highest BCUT2D eigenvalue weighted by molar-refractivity contribution is 7.89. The van der Waals surface area contributed by atoms with E-state index in [-0.39, 0.29) is 13.0 Å². The molecule has 0 saturated carbocycles. The molecule has 1 aromatic carbocycles. The van der Waals surface area contributed by atoms with Crippen molar-refractivity contribution >= 4 is 38.9 Å². The fourth-order valence-electron chi connectivity index (χ4n) is 2.66. The third-order valence-corrected chi connectivity index (χ3v) is 6.01. The Morgan fingerprint density at radius 1 is 1.36 bits per heavy atom. The van der Waals surface area contributed by atoms with Gasteiger partial charge in [-0.05, 0) is 31.1 Å². The Morgan fingerprint density at radius 2 is 2.00 bits per heavy atom. The van der Waals surface area contributed by atoms with Crippen LogP contribution < -0.4 is 11.6 Å². The number of carbonyl (C=O) groups excluding carboxylic acids is 1. The first-order valence-corrected chi connectivity index (χ1v) is 9.16. The second kappa shape index (κ2) is 7.39. The van der Waals surface area contributed by atoms with Crippen LogP contribution in [0.25, 0.3) is 0 Å². The number of hydrogen-bond donors (Lipinski definition) is 2. The predicted molar refractivity (Wildman–Crippen MR) is 92.4 cm³/mol. The lowest BCUT2D eigenvalue weighted by molar-refractivity contribution is -0.387. The normalized spacial score (nSPS) is 18.5. The Labute approximate surface area is 149 Å². The van der Waals surface area contributed by atoms with Crippen molar-refractivity contribution in [1.29, 1.82) is 0 Å². The Bertz CT molecular complexity index is 813. The summed E-state index contributed by atoms with van der Waals surface area (Å²) in [5.41, 5.74) is 4.77. The predicted octanol–water partition coefficient (Wildman–Crippen LogP) is 0.0839. The molecular weight excluding hydrogens is 370 g/mol. The number of nitrogens with two attached hydrogens (primary N) is 2. The van der Waals surface area contributed by atoms with E-state index in [1.807, 2.05) is 0 Å². The third-order valence-electron chi connectivity index (χ3n) is 3.86. The molecule has 25 heavy (non-hydrogen) atoms. The third kappa shape index (κ3) is 3.76. The minimum absolute atomic E-state index is 0.0377. The maximum atomic E-state index is 13.0. The van der Waals surface area contributed by atoms with Gasteiger partial charge in [0.2, 0.25) is 0 Å². The fraction of sp³-hybridized carbons (Fsp3) is 0.385. The van der Waals surface area contributed by atoms with Crippen LogP contribution in [-0.4, -0.2) is 46.3 Å². The summed E-state index contributed by atoms with van der Waals surface area (Å²) >= 11 is 4.64. The molecule has 0 unspecified atom stereocenters. The van der Waals surface area contributed by atoms with Gasteiger partial charge >= 0.3 is 0 Å². The Kier molecular flexibility index (Phi) is 5.67. The summed E-state index contributed by atoms with van der Waals surface area (Å²) in [7, 11) is -4.29. The van der Waals surface area contributed by atoms with E-state index >= 15 is 0 Å². The minimum atomic E-state index is -4.29. The average molecular weight is 387 g/mol. The summed E-state index contributed by atoms with van der Waals surface area (Å²) in [6, 6.07) is 3.86. The quantitative estimate of drug-likeness (QED) is 0.242. The van der Waals surface area contributed by atoms with Gasteiger partial charge in [-0.1, -0.05) is 18.6 Å². The largest absolute Gasteiger partial charge is 0.375 e. The van der Waals surface area contributed by atoms with Crippen molar-refractivity contribution in [2.75, 3.05) is 6.54 Å². The lowest BCUT2D eigenvalue weighted by Crippen LogP contribution is -2.57. The lowest BCUT2D eigenvalue weighted by atomic mass is 10.0. The summed E-state index contributed by atoms with van der Waals surface area (Å²) in [4.78, 5) is 22.3. The van der Waals surface area contributed by atoms with Gasteiger partial charge in [-0.15, -0.1) is 0 Å². The number of piperidine rings is 1. The molecule has 1 saturated heterocycles.